The second kappa shape index (κ2) is 8.37. The lowest BCUT2D eigenvalue weighted by molar-refractivity contribution is 0.00761. The molecule has 6 heteroatoms. The zero-order valence-corrected chi connectivity index (χ0v) is 18.8. The van der Waals surface area contributed by atoms with E-state index < -0.39 is 5.60 Å². The third-order valence-electron chi connectivity index (χ3n) is 4.71. The number of ether oxygens (including phenoxy) is 2. The molecule has 4 aromatic rings. The molecule has 3 aromatic carbocycles. The van der Waals surface area contributed by atoms with E-state index in [0.29, 0.717) is 38.8 Å². The van der Waals surface area contributed by atoms with Gasteiger partial charge in [0.2, 0.25) is 0 Å². The highest BCUT2D eigenvalue weighted by Gasteiger charge is 2.23. The average molecular weight is 443 g/mol. The molecule has 1 heterocycles. The van der Waals surface area contributed by atoms with E-state index in [1.54, 1.807) is 24.3 Å². The molecular weight excluding hydrogens is 420 g/mol. The first-order valence-electron chi connectivity index (χ1n) is 10.1. The van der Waals surface area contributed by atoms with Gasteiger partial charge in [-0.1, -0.05) is 12.1 Å². The fourth-order valence-electron chi connectivity index (χ4n) is 3.33. The van der Waals surface area contributed by atoms with Crippen LogP contribution in [0.3, 0.4) is 0 Å². The summed E-state index contributed by atoms with van der Waals surface area (Å²) in [5.74, 6) is 0.840. The number of nitrogens with zero attached hydrogens (tertiary/aromatic N) is 1. The van der Waals surface area contributed by atoms with Gasteiger partial charge in [0.25, 0.3) is 0 Å². The fraction of sp³-hybridized carbons (Fsp3) is 0.154. The van der Waals surface area contributed by atoms with Gasteiger partial charge in [-0.2, -0.15) is 5.26 Å². The fourth-order valence-corrected chi connectivity index (χ4v) is 4.12. The summed E-state index contributed by atoms with van der Waals surface area (Å²) in [6.45, 7) is 5.52. The van der Waals surface area contributed by atoms with Crippen LogP contribution >= 0.6 is 11.3 Å². The van der Waals surface area contributed by atoms with Gasteiger partial charge < -0.3 is 15.2 Å². The van der Waals surface area contributed by atoms with Gasteiger partial charge in [0.1, 0.15) is 22.0 Å². The molecule has 1 aromatic heterocycles. The van der Waals surface area contributed by atoms with E-state index in [0.717, 1.165) is 10.8 Å². The van der Waals surface area contributed by atoms with Gasteiger partial charge in [0.15, 0.2) is 0 Å². The Morgan fingerprint density at radius 1 is 0.969 bits per heavy atom. The predicted molar refractivity (Wildman–Crippen MR) is 128 cm³/mol. The zero-order chi connectivity index (χ0) is 22.9. The number of hydrogen-bond donors (Lipinski definition) is 1. The minimum atomic E-state index is -0.593. The smallest absolute Gasteiger partial charge is 0.349 e. The number of nitriles is 1. The van der Waals surface area contributed by atoms with Gasteiger partial charge in [0, 0.05) is 16.8 Å². The van der Waals surface area contributed by atoms with E-state index in [-0.39, 0.29) is 5.97 Å². The molecule has 0 aliphatic heterocycles. The first-order chi connectivity index (χ1) is 15.2. The third-order valence-corrected chi connectivity index (χ3v) is 5.61. The van der Waals surface area contributed by atoms with Crippen molar-refractivity contribution < 1.29 is 14.3 Å². The Hall–Kier alpha value is -3.82. The van der Waals surface area contributed by atoms with E-state index in [2.05, 4.69) is 6.07 Å². The Kier molecular flexibility index (Phi) is 5.60. The predicted octanol–water partition coefficient (Wildman–Crippen LogP) is 6.77. The molecule has 0 aliphatic carbocycles. The lowest BCUT2D eigenvalue weighted by atomic mass is 10.0. The highest BCUT2D eigenvalue weighted by atomic mass is 32.1. The van der Waals surface area contributed by atoms with Crippen LogP contribution in [0.1, 0.15) is 36.0 Å². The normalized spacial score (nSPS) is 11.2. The van der Waals surface area contributed by atoms with Crippen LogP contribution < -0.4 is 10.5 Å². The van der Waals surface area contributed by atoms with Crippen molar-refractivity contribution in [1.82, 2.24) is 0 Å². The zero-order valence-electron chi connectivity index (χ0n) is 18.0. The van der Waals surface area contributed by atoms with Crippen LogP contribution in [0.4, 0.5) is 5.69 Å². The van der Waals surface area contributed by atoms with Crippen LogP contribution in [0, 0.1) is 11.3 Å². The number of carbonyl (C=O) groups excluding carboxylic acids is 1. The van der Waals surface area contributed by atoms with Crippen LogP contribution in [-0.2, 0) is 4.74 Å². The molecule has 2 N–H and O–H groups in total. The molecule has 0 saturated heterocycles. The van der Waals surface area contributed by atoms with Gasteiger partial charge in [-0.3, -0.25) is 0 Å². The van der Waals surface area contributed by atoms with E-state index in [1.165, 1.54) is 11.3 Å². The monoisotopic (exact) mass is 442 g/mol. The number of benzene rings is 3. The number of hydrogen-bond acceptors (Lipinski definition) is 6. The molecule has 0 aliphatic rings. The largest absolute Gasteiger partial charge is 0.457 e. The minimum absolute atomic E-state index is 0.380. The highest BCUT2D eigenvalue weighted by Crippen LogP contribution is 2.39. The van der Waals surface area contributed by atoms with Crippen molar-refractivity contribution in [3.8, 4) is 28.7 Å². The summed E-state index contributed by atoms with van der Waals surface area (Å²) in [4.78, 5) is 13.3. The van der Waals surface area contributed by atoms with Crippen molar-refractivity contribution in [2.45, 2.75) is 26.4 Å². The average Bonchev–Trinajstić information content (AvgIpc) is 3.23. The molecule has 0 spiro atoms. The van der Waals surface area contributed by atoms with Gasteiger partial charge >= 0.3 is 5.97 Å². The second-order valence-electron chi connectivity index (χ2n) is 8.36. The molecule has 0 radical (unpaired) electrons. The van der Waals surface area contributed by atoms with E-state index in [4.69, 9.17) is 20.5 Å². The van der Waals surface area contributed by atoms with Crippen LogP contribution in [0.2, 0.25) is 0 Å². The van der Waals surface area contributed by atoms with Crippen molar-refractivity contribution in [2.75, 3.05) is 5.73 Å². The van der Waals surface area contributed by atoms with Crippen LogP contribution in [0.15, 0.2) is 66.0 Å². The first kappa shape index (κ1) is 21.4. The minimum Gasteiger partial charge on any atom is -0.457 e. The molecule has 5 nitrogen and oxygen atoms in total. The molecule has 0 atom stereocenters. The molecule has 32 heavy (non-hydrogen) atoms. The Labute approximate surface area is 190 Å². The van der Waals surface area contributed by atoms with Gasteiger partial charge in [0.05, 0.1) is 11.6 Å². The quantitative estimate of drug-likeness (QED) is 0.278. The molecule has 0 unspecified atom stereocenters. The summed E-state index contributed by atoms with van der Waals surface area (Å²) in [6, 6.07) is 20.6. The van der Waals surface area contributed by atoms with Gasteiger partial charge in [-0.25, -0.2) is 4.79 Å². The summed E-state index contributed by atoms with van der Waals surface area (Å²) in [5, 5.41) is 12.9. The Bertz CT molecular complexity index is 1360. The van der Waals surface area contributed by atoms with Crippen molar-refractivity contribution in [3.05, 3.63) is 76.5 Å². The van der Waals surface area contributed by atoms with Crippen LogP contribution in [0.5, 0.6) is 11.5 Å². The van der Waals surface area contributed by atoms with Crippen LogP contribution in [0.25, 0.3) is 21.9 Å². The van der Waals surface area contributed by atoms with Crippen molar-refractivity contribution >= 4 is 33.8 Å². The maximum Gasteiger partial charge on any atom is 0.349 e. The lowest BCUT2D eigenvalue weighted by Crippen LogP contribution is -2.23. The van der Waals surface area contributed by atoms with Crippen molar-refractivity contribution in [3.63, 3.8) is 0 Å². The summed E-state index contributed by atoms with van der Waals surface area (Å²) in [5.41, 5.74) is 8.07. The Balaban J connectivity index is 1.72. The van der Waals surface area contributed by atoms with E-state index >= 15 is 0 Å². The summed E-state index contributed by atoms with van der Waals surface area (Å²) in [7, 11) is 0. The van der Waals surface area contributed by atoms with Crippen LogP contribution in [-0.4, -0.2) is 11.6 Å². The van der Waals surface area contributed by atoms with E-state index in [9.17, 15) is 4.79 Å². The van der Waals surface area contributed by atoms with Crippen molar-refractivity contribution in [1.29, 1.82) is 5.26 Å². The number of esters is 1. The number of thiophene rings is 1. The standard InChI is InChI=1S/C26H22N2O3S/c1-26(2,3)31-25(29)24-21(10-11-32-24)22-14-19(28)7-9-23(22)30-20-8-6-17-12-16(15-27)4-5-18(17)13-20/h4-14H,28H2,1-3H3. The summed E-state index contributed by atoms with van der Waals surface area (Å²) < 4.78 is 11.8. The third kappa shape index (κ3) is 4.58. The molecular formula is C26H22N2O3S. The molecule has 0 saturated carbocycles. The SMILES string of the molecule is CC(C)(C)OC(=O)c1sccc1-c1cc(N)ccc1Oc1ccc2cc(C#N)ccc2c1. The topological polar surface area (TPSA) is 85.3 Å². The number of carbonyl (C=O) groups is 1. The number of nitrogens with two attached hydrogens (primary N) is 1. The number of anilines is 1. The number of fused-ring (bicyclic) bond motifs is 1. The highest BCUT2D eigenvalue weighted by molar-refractivity contribution is 7.12. The first-order valence-corrected chi connectivity index (χ1v) is 10.9. The Morgan fingerprint density at radius 3 is 2.47 bits per heavy atom. The van der Waals surface area contributed by atoms with Gasteiger partial charge in [-0.15, -0.1) is 11.3 Å². The summed E-state index contributed by atoms with van der Waals surface area (Å²) >= 11 is 1.32. The molecule has 0 amide bonds. The lowest BCUT2D eigenvalue weighted by Gasteiger charge is -2.20. The Morgan fingerprint density at radius 2 is 1.72 bits per heavy atom. The molecule has 0 bridgehead atoms. The number of nitrogen functional groups attached to an aromatic ring is 1. The maximum atomic E-state index is 12.8. The molecule has 4 rings (SSSR count). The maximum absolute atomic E-state index is 12.8. The molecule has 160 valence electrons. The molecule has 0 fully saturated rings. The number of rotatable bonds is 4. The van der Waals surface area contributed by atoms with E-state index in [1.807, 2.05) is 62.5 Å². The second-order valence-corrected chi connectivity index (χ2v) is 9.27. The van der Waals surface area contributed by atoms with Gasteiger partial charge in [-0.05, 0) is 85.5 Å². The van der Waals surface area contributed by atoms with Crippen molar-refractivity contribution in [2.24, 2.45) is 0 Å². The summed E-state index contributed by atoms with van der Waals surface area (Å²) in [6.07, 6.45) is 0.